The van der Waals surface area contributed by atoms with E-state index in [1.807, 2.05) is 42.5 Å². The molecule has 0 bridgehead atoms. The molecule has 2 nitrogen and oxygen atoms in total. The van der Waals surface area contributed by atoms with Crippen LogP contribution in [0.15, 0.2) is 46.9 Å². The van der Waals surface area contributed by atoms with E-state index in [4.69, 9.17) is 16.3 Å². The number of halogens is 2. The first kappa shape index (κ1) is 13.9. The topological polar surface area (TPSA) is 21.3 Å². The number of benzene rings is 2. The summed E-state index contributed by atoms with van der Waals surface area (Å²) in [5.74, 6) is 1.56. The third-order valence-electron chi connectivity index (χ3n) is 3.23. The zero-order chi connectivity index (χ0) is 13.9. The third kappa shape index (κ3) is 3.75. The second-order valence-corrected chi connectivity index (χ2v) is 6.29. The molecule has 1 fully saturated rings. The van der Waals surface area contributed by atoms with Crippen LogP contribution in [0.4, 0.5) is 0 Å². The number of hydrogen-bond donors (Lipinski definition) is 1. The van der Waals surface area contributed by atoms with Crippen LogP contribution < -0.4 is 10.1 Å². The summed E-state index contributed by atoms with van der Waals surface area (Å²) in [6.07, 6.45) is 2.56. The van der Waals surface area contributed by atoms with E-state index in [0.29, 0.717) is 6.04 Å². The quantitative estimate of drug-likeness (QED) is 0.804. The van der Waals surface area contributed by atoms with Crippen LogP contribution in [0.25, 0.3) is 0 Å². The van der Waals surface area contributed by atoms with Gasteiger partial charge in [-0.05, 0) is 54.8 Å². The molecule has 0 aliphatic heterocycles. The van der Waals surface area contributed by atoms with Crippen molar-refractivity contribution < 1.29 is 4.74 Å². The Morgan fingerprint density at radius 2 is 1.80 bits per heavy atom. The van der Waals surface area contributed by atoms with Crippen LogP contribution in [0, 0.1) is 0 Å². The van der Waals surface area contributed by atoms with E-state index in [2.05, 4.69) is 21.2 Å². The van der Waals surface area contributed by atoms with Crippen LogP contribution >= 0.6 is 27.5 Å². The Hall–Kier alpha value is -1.03. The average molecular weight is 353 g/mol. The third-order valence-corrected chi connectivity index (χ3v) is 4.11. The number of rotatable bonds is 5. The van der Waals surface area contributed by atoms with E-state index in [9.17, 15) is 0 Å². The molecule has 4 heteroatoms. The van der Waals surface area contributed by atoms with Crippen molar-refractivity contribution in [2.75, 3.05) is 0 Å². The number of ether oxygens (including phenoxy) is 1. The summed E-state index contributed by atoms with van der Waals surface area (Å²) >= 11 is 9.70. The molecule has 0 amide bonds. The molecule has 3 rings (SSSR count). The van der Waals surface area contributed by atoms with Crippen molar-refractivity contribution in [3.63, 3.8) is 0 Å². The molecule has 0 atom stereocenters. The first-order chi connectivity index (χ1) is 9.70. The Balaban J connectivity index is 1.67. The summed E-state index contributed by atoms with van der Waals surface area (Å²) < 4.78 is 6.81. The highest BCUT2D eigenvalue weighted by Gasteiger charge is 2.20. The van der Waals surface area contributed by atoms with Crippen molar-refractivity contribution >= 4 is 27.5 Å². The van der Waals surface area contributed by atoms with Crippen molar-refractivity contribution in [2.45, 2.75) is 25.4 Å². The summed E-state index contributed by atoms with van der Waals surface area (Å²) in [7, 11) is 0. The standard InChI is InChI=1S/C16H15BrClNO/c17-12-2-7-14(8-3-12)20-15-6-1-11(16(18)9-15)10-19-13-4-5-13/h1-3,6-9,13,19H,4-5,10H2. The molecule has 0 heterocycles. The SMILES string of the molecule is Clc1cc(Oc2ccc(Br)cc2)ccc1CNC1CC1. The van der Waals surface area contributed by atoms with E-state index >= 15 is 0 Å². The maximum Gasteiger partial charge on any atom is 0.128 e. The van der Waals surface area contributed by atoms with Gasteiger partial charge in [-0.1, -0.05) is 33.6 Å². The molecule has 104 valence electrons. The van der Waals surface area contributed by atoms with Crippen molar-refractivity contribution in [1.29, 1.82) is 0 Å². The Bertz CT molecular complexity index is 596. The van der Waals surface area contributed by atoms with Crippen LogP contribution in [0.1, 0.15) is 18.4 Å². The Kier molecular flexibility index (Phi) is 4.29. The molecule has 0 saturated heterocycles. The normalized spacial score (nSPS) is 14.3. The molecule has 2 aromatic carbocycles. The zero-order valence-electron chi connectivity index (χ0n) is 10.9. The smallest absolute Gasteiger partial charge is 0.128 e. The van der Waals surface area contributed by atoms with Gasteiger partial charge in [0.05, 0.1) is 0 Å². The highest BCUT2D eigenvalue weighted by molar-refractivity contribution is 9.10. The lowest BCUT2D eigenvalue weighted by molar-refractivity contribution is 0.482. The van der Waals surface area contributed by atoms with Gasteiger partial charge in [0.15, 0.2) is 0 Å². The van der Waals surface area contributed by atoms with E-state index in [-0.39, 0.29) is 0 Å². The monoisotopic (exact) mass is 351 g/mol. The molecule has 0 radical (unpaired) electrons. The second-order valence-electron chi connectivity index (χ2n) is 4.96. The Labute approximate surface area is 132 Å². The van der Waals surface area contributed by atoms with Gasteiger partial charge in [-0.15, -0.1) is 0 Å². The molecular formula is C16H15BrClNO. The highest BCUT2D eigenvalue weighted by Crippen LogP contribution is 2.28. The van der Waals surface area contributed by atoms with Gasteiger partial charge in [0.1, 0.15) is 11.5 Å². The minimum Gasteiger partial charge on any atom is -0.457 e. The van der Waals surface area contributed by atoms with Gasteiger partial charge in [0.2, 0.25) is 0 Å². The van der Waals surface area contributed by atoms with Crippen molar-refractivity contribution in [3.05, 3.63) is 57.5 Å². The minimum absolute atomic E-state index is 0.685. The number of nitrogens with one attached hydrogen (secondary N) is 1. The molecule has 1 aliphatic carbocycles. The van der Waals surface area contributed by atoms with E-state index in [1.54, 1.807) is 0 Å². The zero-order valence-corrected chi connectivity index (χ0v) is 13.2. The lowest BCUT2D eigenvalue weighted by Crippen LogP contribution is -2.15. The maximum atomic E-state index is 6.30. The molecule has 1 N–H and O–H groups in total. The van der Waals surface area contributed by atoms with Gasteiger partial charge in [-0.2, -0.15) is 0 Å². The summed E-state index contributed by atoms with van der Waals surface area (Å²) in [5.41, 5.74) is 1.11. The van der Waals surface area contributed by atoms with Gasteiger partial charge in [0, 0.05) is 22.1 Å². The largest absolute Gasteiger partial charge is 0.457 e. The summed E-state index contributed by atoms with van der Waals surface area (Å²) in [5, 5.41) is 4.20. The average Bonchev–Trinajstić information content (AvgIpc) is 3.25. The van der Waals surface area contributed by atoms with Crippen LogP contribution in [-0.4, -0.2) is 6.04 Å². The first-order valence-electron chi connectivity index (χ1n) is 6.66. The molecule has 1 aliphatic rings. The van der Waals surface area contributed by atoms with Crippen LogP contribution in [0.2, 0.25) is 5.02 Å². The van der Waals surface area contributed by atoms with Crippen molar-refractivity contribution in [1.82, 2.24) is 5.32 Å². The van der Waals surface area contributed by atoms with Crippen LogP contribution in [0.3, 0.4) is 0 Å². The molecule has 0 unspecified atom stereocenters. The molecule has 20 heavy (non-hydrogen) atoms. The Morgan fingerprint density at radius 1 is 1.10 bits per heavy atom. The summed E-state index contributed by atoms with van der Waals surface area (Å²) in [6.45, 7) is 0.821. The lowest BCUT2D eigenvalue weighted by Gasteiger charge is -2.09. The number of hydrogen-bond acceptors (Lipinski definition) is 2. The second kappa shape index (κ2) is 6.17. The van der Waals surface area contributed by atoms with Gasteiger partial charge in [-0.3, -0.25) is 0 Å². The van der Waals surface area contributed by atoms with Crippen molar-refractivity contribution in [3.8, 4) is 11.5 Å². The maximum absolute atomic E-state index is 6.30. The van der Waals surface area contributed by atoms with Gasteiger partial charge >= 0.3 is 0 Å². The molecule has 0 aromatic heterocycles. The predicted octanol–water partition coefficient (Wildman–Crippen LogP) is 5.15. The molecule has 2 aromatic rings. The minimum atomic E-state index is 0.685. The van der Waals surface area contributed by atoms with Crippen LogP contribution in [-0.2, 0) is 6.54 Å². The predicted molar refractivity (Wildman–Crippen MR) is 85.5 cm³/mol. The van der Waals surface area contributed by atoms with Gasteiger partial charge in [-0.25, -0.2) is 0 Å². The lowest BCUT2D eigenvalue weighted by atomic mass is 10.2. The first-order valence-corrected chi connectivity index (χ1v) is 7.83. The fourth-order valence-electron chi connectivity index (χ4n) is 1.92. The molecule has 0 spiro atoms. The summed E-state index contributed by atoms with van der Waals surface area (Å²) in [6, 6.07) is 14.3. The fraction of sp³-hybridized carbons (Fsp3) is 0.250. The van der Waals surface area contributed by atoms with E-state index in [0.717, 1.165) is 33.1 Å². The Morgan fingerprint density at radius 3 is 2.45 bits per heavy atom. The molecular weight excluding hydrogens is 338 g/mol. The van der Waals surface area contributed by atoms with Crippen molar-refractivity contribution in [2.24, 2.45) is 0 Å². The fourth-order valence-corrected chi connectivity index (χ4v) is 2.42. The van der Waals surface area contributed by atoms with Gasteiger partial charge in [0.25, 0.3) is 0 Å². The van der Waals surface area contributed by atoms with Crippen LogP contribution in [0.5, 0.6) is 11.5 Å². The van der Waals surface area contributed by atoms with E-state index < -0.39 is 0 Å². The molecule has 1 saturated carbocycles. The summed E-state index contributed by atoms with van der Waals surface area (Å²) in [4.78, 5) is 0. The van der Waals surface area contributed by atoms with Gasteiger partial charge < -0.3 is 10.1 Å². The highest BCUT2D eigenvalue weighted by atomic mass is 79.9. The van der Waals surface area contributed by atoms with E-state index in [1.165, 1.54) is 12.8 Å².